The van der Waals surface area contributed by atoms with E-state index < -0.39 is 6.10 Å². The number of fused-ring (bicyclic) bond motifs is 2. The second-order valence-corrected chi connectivity index (χ2v) is 12.2. The van der Waals surface area contributed by atoms with Crippen LogP contribution in [0.1, 0.15) is 62.2 Å². The number of carbonyl (C=O) groups excluding carboxylic acids is 3. The molecule has 1 saturated heterocycles. The lowest BCUT2D eigenvalue weighted by Gasteiger charge is -2.33. The average Bonchev–Trinajstić information content (AvgIpc) is 3.48. The van der Waals surface area contributed by atoms with Crippen molar-refractivity contribution in [2.24, 2.45) is 4.99 Å². The van der Waals surface area contributed by atoms with Crippen LogP contribution in [-0.4, -0.2) is 83.7 Å². The molecular formula is C34H38N4O5. The Hall–Kier alpha value is -4.08. The molecule has 0 aromatic heterocycles. The fraction of sp³-hybridized carbons (Fsp3) is 0.412. The predicted octanol–water partition coefficient (Wildman–Crippen LogP) is 3.93. The van der Waals surface area contributed by atoms with E-state index >= 15 is 0 Å². The van der Waals surface area contributed by atoms with Gasteiger partial charge in [-0.1, -0.05) is 23.8 Å². The second kappa shape index (κ2) is 11.5. The largest absolute Gasteiger partial charge is 0.490 e. The van der Waals surface area contributed by atoms with Crippen LogP contribution < -0.4 is 10.1 Å². The molecule has 9 heteroatoms. The number of hydrogen-bond donors (Lipinski definition) is 2. The maximum absolute atomic E-state index is 13.4. The van der Waals surface area contributed by atoms with E-state index in [0.29, 0.717) is 34.5 Å². The van der Waals surface area contributed by atoms with Crippen LogP contribution in [0.3, 0.4) is 0 Å². The molecule has 0 unspecified atom stereocenters. The number of piperidine rings is 1. The van der Waals surface area contributed by atoms with Gasteiger partial charge in [0.15, 0.2) is 5.78 Å². The topological polar surface area (TPSA) is 112 Å². The molecule has 1 atom stereocenters. The molecule has 2 aromatic carbocycles. The first-order chi connectivity index (χ1) is 20.6. The SMILES string of the molecule is Cc1cc(C)c(OC[C@H](O)CN=C2C=CCC(=O)C2=C2Cc3cc4c(cc3N2)C(=O)N(C2CCN(C)CC2)C4=O)c(C)c1. The molecule has 4 aliphatic rings. The maximum Gasteiger partial charge on any atom is 0.261 e. The number of carbonyl (C=O) groups is 3. The molecule has 3 aliphatic heterocycles. The Kier molecular flexibility index (Phi) is 7.79. The highest BCUT2D eigenvalue weighted by Crippen LogP contribution is 2.38. The molecule has 0 spiro atoms. The molecule has 0 saturated carbocycles. The number of nitrogens with zero attached hydrogens (tertiary/aromatic N) is 3. The van der Waals surface area contributed by atoms with Crippen molar-refractivity contribution in [1.29, 1.82) is 0 Å². The summed E-state index contributed by atoms with van der Waals surface area (Å²) >= 11 is 0. The first kappa shape index (κ1) is 29.0. The summed E-state index contributed by atoms with van der Waals surface area (Å²) in [6.45, 7) is 7.87. The third-order valence-corrected chi connectivity index (χ3v) is 8.76. The van der Waals surface area contributed by atoms with Gasteiger partial charge in [-0.25, -0.2) is 0 Å². The van der Waals surface area contributed by atoms with Crippen molar-refractivity contribution in [2.45, 2.75) is 58.6 Å². The van der Waals surface area contributed by atoms with Gasteiger partial charge in [0.1, 0.15) is 18.5 Å². The van der Waals surface area contributed by atoms with Crippen molar-refractivity contribution in [3.8, 4) is 5.75 Å². The number of rotatable bonds is 6. The lowest BCUT2D eigenvalue weighted by molar-refractivity contribution is -0.114. The van der Waals surface area contributed by atoms with Crippen LogP contribution in [0.2, 0.25) is 0 Å². The Labute approximate surface area is 251 Å². The quantitative estimate of drug-likeness (QED) is 0.392. The normalized spacial score (nSPS) is 22.3. The van der Waals surface area contributed by atoms with Crippen LogP contribution in [0.15, 0.2) is 52.7 Å². The molecule has 43 heavy (non-hydrogen) atoms. The molecule has 3 heterocycles. The first-order valence-electron chi connectivity index (χ1n) is 15.0. The molecule has 2 aromatic rings. The molecule has 224 valence electrons. The Morgan fingerprint density at radius 2 is 1.70 bits per heavy atom. The van der Waals surface area contributed by atoms with Gasteiger partial charge in [-0.15, -0.1) is 0 Å². The van der Waals surface area contributed by atoms with Crippen molar-refractivity contribution < 1.29 is 24.2 Å². The number of benzene rings is 2. The van der Waals surface area contributed by atoms with E-state index in [0.717, 1.165) is 59.6 Å². The molecule has 2 N–H and O–H groups in total. The number of aryl methyl sites for hydroxylation is 3. The van der Waals surface area contributed by atoms with Gasteiger partial charge in [-0.3, -0.25) is 24.3 Å². The highest BCUT2D eigenvalue weighted by atomic mass is 16.5. The molecule has 1 aliphatic carbocycles. The number of aliphatic hydroxyl groups excluding tert-OH is 1. The lowest BCUT2D eigenvalue weighted by Crippen LogP contribution is -2.46. The summed E-state index contributed by atoms with van der Waals surface area (Å²) in [5.41, 5.74) is 7.29. The minimum atomic E-state index is -0.856. The highest BCUT2D eigenvalue weighted by Gasteiger charge is 2.42. The van der Waals surface area contributed by atoms with Crippen LogP contribution in [0, 0.1) is 20.8 Å². The van der Waals surface area contributed by atoms with E-state index in [1.54, 1.807) is 18.2 Å². The molecule has 2 amide bonds. The van der Waals surface area contributed by atoms with Crippen molar-refractivity contribution in [1.82, 2.24) is 9.80 Å². The second-order valence-electron chi connectivity index (χ2n) is 12.2. The number of Topliss-reactive ketones (excluding diaryl/α,β-unsaturated/α-hetero) is 1. The fourth-order valence-electron chi connectivity index (χ4n) is 6.64. The number of likely N-dealkylation sites (tertiary alicyclic amines) is 1. The minimum absolute atomic E-state index is 0.0682. The molecule has 0 radical (unpaired) electrons. The van der Waals surface area contributed by atoms with E-state index in [1.807, 2.05) is 39.0 Å². The van der Waals surface area contributed by atoms with Crippen LogP contribution in [-0.2, 0) is 11.2 Å². The number of anilines is 1. The summed E-state index contributed by atoms with van der Waals surface area (Å²) in [7, 11) is 2.05. The molecular weight excluding hydrogens is 544 g/mol. The third kappa shape index (κ3) is 5.55. The van der Waals surface area contributed by atoms with E-state index in [9.17, 15) is 19.5 Å². The minimum Gasteiger partial charge on any atom is -0.490 e. The van der Waals surface area contributed by atoms with E-state index in [-0.39, 0.29) is 43.2 Å². The van der Waals surface area contributed by atoms with Gasteiger partial charge in [0.25, 0.3) is 11.8 Å². The van der Waals surface area contributed by atoms with Gasteiger partial charge in [0.05, 0.1) is 29.0 Å². The molecule has 0 bridgehead atoms. The van der Waals surface area contributed by atoms with Crippen molar-refractivity contribution in [3.05, 3.63) is 81.1 Å². The maximum atomic E-state index is 13.4. The average molecular weight is 583 g/mol. The third-order valence-electron chi connectivity index (χ3n) is 8.76. The van der Waals surface area contributed by atoms with E-state index in [1.165, 1.54) is 4.90 Å². The number of hydrogen-bond acceptors (Lipinski definition) is 8. The highest BCUT2D eigenvalue weighted by molar-refractivity contribution is 6.29. The summed E-state index contributed by atoms with van der Waals surface area (Å²) in [5.74, 6) is 0.219. The zero-order valence-electron chi connectivity index (χ0n) is 25.2. The summed E-state index contributed by atoms with van der Waals surface area (Å²) in [4.78, 5) is 48.1. The van der Waals surface area contributed by atoms with Gasteiger partial charge in [-0.05, 0) is 88.6 Å². The van der Waals surface area contributed by atoms with E-state index in [2.05, 4.69) is 22.3 Å². The van der Waals surface area contributed by atoms with Gasteiger partial charge < -0.3 is 20.1 Å². The summed E-state index contributed by atoms with van der Waals surface area (Å²) in [6, 6.07) is 7.56. The number of aliphatic imine (C=N–C) groups is 1. The number of amides is 2. The smallest absolute Gasteiger partial charge is 0.261 e. The Morgan fingerprint density at radius 1 is 1.02 bits per heavy atom. The Bertz CT molecular complexity index is 1540. The van der Waals surface area contributed by atoms with Gasteiger partial charge in [-0.2, -0.15) is 0 Å². The van der Waals surface area contributed by atoms with Crippen molar-refractivity contribution >= 4 is 29.0 Å². The molecule has 9 nitrogen and oxygen atoms in total. The Morgan fingerprint density at radius 3 is 2.40 bits per heavy atom. The van der Waals surface area contributed by atoms with Crippen LogP contribution >= 0.6 is 0 Å². The first-order valence-corrected chi connectivity index (χ1v) is 15.0. The monoisotopic (exact) mass is 582 g/mol. The number of allylic oxidation sites excluding steroid dienone is 4. The summed E-state index contributed by atoms with van der Waals surface area (Å²) < 4.78 is 5.93. The number of ketones is 1. The number of aliphatic hydroxyl groups is 1. The zero-order valence-corrected chi connectivity index (χ0v) is 25.2. The van der Waals surface area contributed by atoms with Crippen molar-refractivity contribution in [2.75, 3.05) is 38.6 Å². The number of nitrogens with one attached hydrogen (secondary N) is 1. The zero-order chi connectivity index (χ0) is 30.4. The predicted molar refractivity (Wildman–Crippen MR) is 165 cm³/mol. The van der Waals surface area contributed by atoms with E-state index in [4.69, 9.17) is 4.74 Å². The summed E-state index contributed by atoms with van der Waals surface area (Å²) in [6.07, 6.45) is 4.96. The van der Waals surface area contributed by atoms with Crippen LogP contribution in [0.5, 0.6) is 5.75 Å². The van der Waals surface area contributed by atoms with Gasteiger partial charge in [0.2, 0.25) is 0 Å². The lowest BCUT2D eigenvalue weighted by atomic mass is 9.94. The van der Waals surface area contributed by atoms with Crippen molar-refractivity contribution in [3.63, 3.8) is 0 Å². The molecule has 1 fully saturated rings. The summed E-state index contributed by atoms with van der Waals surface area (Å²) in [5, 5.41) is 14.0. The van der Waals surface area contributed by atoms with Gasteiger partial charge >= 0.3 is 0 Å². The Balaban J connectivity index is 1.18. The fourth-order valence-corrected chi connectivity index (χ4v) is 6.64. The van der Waals surface area contributed by atoms with Gasteiger partial charge in [0, 0.05) is 30.3 Å². The number of imide groups is 1. The number of ether oxygens (including phenoxy) is 1. The standard InChI is InChI=1S/C34H38N4O5/c1-19-12-20(2)32(21(3)13-19)43-18-24(39)17-35-27-6-5-7-30(40)31(27)29-15-22-14-25-26(16-28(22)36-29)34(42)38(33(25)41)23-8-10-37(4)11-9-23/h5-6,12-14,16,23-24,36,39H,7-11,15,17-18H2,1-4H3/t24-/m1/s1. The van der Waals surface area contributed by atoms with Crippen LogP contribution in [0.25, 0.3) is 0 Å². The molecule has 6 rings (SSSR count). The van der Waals surface area contributed by atoms with Crippen LogP contribution in [0.4, 0.5) is 5.69 Å².